The molecule has 10 nitrogen and oxygen atoms in total. The number of aromatic nitrogens is 5. The summed E-state index contributed by atoms with van der Waals surface area (Å²) in [6.45, 7) is 5.40. The molecule has 5 rings (SSSR count). The SMILES string of the molecule is CCCn1nc(CC(=O)C2CN(c3nc4c(cc3F)c(=O)c(C(=O)O)cn4-c3nccs3)C2)cc1C. The summed E-state index contributed by atoms with van der Waals surface area (Å²) in [7, 11) is 0. The number of carbonyl (C=O) groups excluding carboxylic acids is 1. The number of hydrogen-bond donors (Lipinski definition) is 1. The van der Waals surface area contributed by atoms with E-state index in [0.29, 0.717) is 5.13 Å². The van der Waals surface area contributed by atoms with Gasteiger partial charge in [-0.05, 0) is 25.5 Å². The molecular weight excluding hydrogens is 487 g/mol. The molecule has 1 aliphatic heterocycles. The van der Waals surface area contributed by atoms with Gasteiger partial charge in [0.05, 0.1) is 23.4 Å². The van der Waals surface area contributed by atoms with Crippen LogP contribution in [0.15, 0.2) is 34.7 Å². The summed E-state index contributed by atoms with van der Waals surface area (Å²) >= 11 is 1.22. The Balaban J connectivity index is 1.41. The van der Waals surface area contributed by atoms with Gasteiger partial charge < -0.3 is 10.0 Å². The summed E-state index contributed by atoms with van der Waals surface area (Å²) in [6, 6.07) is 2.92. The molecule has 4 aromatic rings. The average Bonchev–Trinajstić information content (AvgIpc) is 3.44. The summed E-state index contributed by atoms with van der Waals surface area (Å²) in [4.78, 5) is 47.3. The minimum absolute atomic E-state index is 0.00222. The molecular formula is C24H23FN6O4S. The van der Waals surface area contributed by atoms with Crippen molar-refractivity contribution in [2.75, 3.05) is 18.0 Å². The first kappa shape index (κ1) is 23.8. The van der Waals surface area contributed by atoms with Crippen molar-refractivity contribution in [3.63, 3.8) is 0 Å². The zero-order valence-electron chi connectivity index (χ0n) is 19.6. The van der Waals surface area contributed by atoms with Gasteiger partial charge in [-0.3, -0.25) is 18.8 Å². The predicted molar refractivity (Wildman–Crippen MR) is 132 cm³/mol. The van der Waals surface area contributed by atoms with Crippen LogP contribution in [-0.4, -0.2) is 54.3 Å². The van der Waals surface area contributed by atoms with Crippen LogP contribution in [0.2, 0.25) is 0 Å². The van der Waals surface area contributed by atoms with Crippen LogP contribution in [-0.2, 0) is 17.8 Å². The lowest BCUT2D eigenvalue weighted by Crippen LogP contribution is -2.51. The molecule has 5 heterocycles. The quantitative estimate of drug-likeness (QED) is 0.384. The standard InChI is InChI=1S/C24H23FN6O4S/c1-3-5-31-13(2)7-15(28-31)8-19(32)14-10-29(11-14)22-18(25)9-16-20(33)17(23(34)35)12-30(21(16)27-22)24-26-4-6-36-24/h4,6-7,9,12,14H,3,5,8,10-11H2,1-2H3,(H,34,35). The van der Waals surface area contributed by atoms with Crippen LogP contribution >= 0.6 is 11.3 Å². The van der Waals surface area contributed by atoms with E-state index >= 15 is 4.39 Å². The Hall–Kier alpha value is -3.93. The van der Waals surface area contributed by atoms with Gasteiger partial charge in [-0.25, -0.2) is 19.2 Å². The fraction of sp³-hybridized carbons (Fsp3) is 0.333. The van der Waals surface area contributed by atoms with Crippen LogP contribution in [0.5, 0.6) is 0 Å². The number of fused-ring (bicyclic) bond motifs is 1. The van der Waals surface area contributed by atoms with Crippen molar-refractivity contribution in [3.8, 4) is 5.13 Å². The Kier molecular flexibility index (Phi) is 6.12. The molecule has 0 saturated carbocycles. The summed E-state index contributed by atoms with van der Waals surface area (Å²) in [5.41, 5.74) is 0.509. The van der Waals surface area contributed by atoms with Crippen LogP contribution in [0.1, 0.15) is 35.1 Å². The molecule has 1 N–H and O–H groups in total. The molecule has 1 fully saturated rings. The second-order valence-corrected chi connectivity index (χ2v) is 9.64. The smallest absolute Gasteiger partial charge is 0.341 e. The summed E-state index contributed by atoms with van der Waals surface area (Å²) in [6.07, 6.45) is 3.85. The topological polar surface area (TPSA) is 123 Å². The zero-order valence-corrected chi connectivity index (χ0v) is 20.5. The molecule has 4 aromatic heterocycles. The first-order chi connectivity index (χ1) is 17.3. The highest BCUT2D eigenvalue weighted by Gasteiger charge is 2.35. The predicted octanol–water partition coefficient (Wildman–Crippen LogP) is 2.84. The number of halogens is 1. The molecule has 12 heteroatoms. The highest BCUT2D eigenvalue weighted by Crippen LogP contribution is 2.29. The molecule has 0 aliphatic carbocycles. The maximum atomic E-state index is 15.1. The number of ketones is 1. The molecule has 0 amide bonds. The van der Waals surface area contributed by atoms with Gasteiger partial charge in [0.1, 0.15) is 11.3 Å². The van der Waals surface area contributed by atoms with Gasteiger partial charge in [0.2, 0.25) is 5.43 Å². The lowest BCUT2D eigenvalue weighted by Gasteiger charge is -2.39. The molecule has 1 aliphatic rings. The van der Waals surface area contributed by atoms with E-state index in [-0.39, 0.29) is 48.1 Å². The van der Waals surface area contributed by atoms with Gasteiger partial charge in [-0.15, -0.1) is 11.3 Å². The number of nitrogens with zero attached hydrogens (tertiary/aromatic N) is 6. The number of pyridine rings is 2. The van der Waals surface area contributed by atoms with Crippen LogP contribution in [0.3, 0.4) is 0 Å². The van der Waals surface area contributed by atoms with E-state index in [9.17, 15) is 19.5 Å². The fourth-order valence-corrected chi connectivity index (χ4v) is 4.97. The number of hydrogen-bond acceptors (Lipinski definition) is 8. The Morgan fingerprint density at radius 3 is 2.72 bits per heavy atom. The number of carbonyl (C=O) groups is 2. The minimum atomic E-state index is -1.42. The number of aryl methyl sites for hydroxylation is 2. The maximum Gasteiger partial charge on any atom is 0.341 e. The van der Waals surface area contributed by atoms with Gasteiger partial charge in [0.15, 0.2) is 22.4 Å². The van der Waals surface area contributed by atoms with Gasteiger partial charge in [0, 0.05) is 43.1 Å². The number of aromatic carboxylic acids is 1. The van der Waals surface area contributed by atoms with Crippen molar-refractivity contribution >= 4 is 39.9 Å². The molecule has 36 heavy (non-hydrogen) atoms. The van der Waals surface area contributed by atoms with Crippen LogP contribution < -0.4 is 10.3 Å². The summed E-state index contributed by atoms with van der Waals surface area (Å²) in [5.74, 6) is -2.43. The number of anilines is 1. The first-order valence-electron chi connectivity index (χ1n) is 11.5. The monoisotopic (exact) mass is 510 g/mol. The Morgan fingerprint density at radius 2 is 2.06 bits per heavy atom. The normalized spacial score (nSPS) is 13.8. The molecule has 0 bridgehead atoms. The van der Waals surface area contributed by atoms with E-state index < -0.39 is 22.8 Å². The van der Waals surface area contributed by atoms with Gasteiger partial charge in [-0.2, -0.15) is 5.10 Å². The third-order valence-electron chi connectivity index (χ3n) is 6.23. The third kappa shape index (κ3) is 4.17. The van der Waals surface area contributed by atoms with E-state index in [1.165, 1.54) is 22.1 Å². The molecule has 0 radical (unpaired) electrons. The largest absolute Gasteiger partial charge is 0.477 e. The van der Waals surface area contributed by atoms with Gasteiger partial charge in [-0.1, -0.05) is 6.92 Å². The van der Waals surface area contributed by atoms with Crippen molar-refractivity contribution in [2.45, 2.75) is 33.2 Å². The van der Waals surface area contributed by atoms with E-state index in [2.05, 4.69) is 22.0 Å². The van der Waals surface area contributed by atoms with Crippen LogP contribution in [0, 0.1) is 18.7 Å². The second kappa shape index (κ2) is 9.26. The molecule has 0 atom stereocenters. The number of carboxylic acid groups (broad SMARTS) is 1. The highest BCUT2D eigenvalue weighted by molar-refractivity contribution is 7.12. The van der Waals surface area contributed by atoms with Crippen LogP contribution in [0.4, 0.5) is 10.2 Å². The van der Waals surface area contributed by atoms with Crippen molar-refractivity contribution in [3.05, 3.63) is 62.9 Å². The molecule has 0 aromatic carbocycles. The lowest BCUT2D eigenvalue weighted by atomic mass is 9.92. The van der Waals surface area contributed by atoms with Crippen LogP contribution in [0.25, 0.3) is 16.2 Å². The van der Waals surface area contributed by atoms with E-state index in [1.54, 1.807) is 10.3 Å². The maximum absolute atomic E-state index is 15.1. The highest BCUT2D eigenvalue weighted by atomic mass is 32.1. The van der Waals surface area contributed by atoms with E-state index in [1.807, 2.05) is 17.7 Å². The first-order valence-corrected chi connectivity index (χ1v) is 12.3. The Labute approximate surface area is 208 Å². The van der Waals surface area contributed by atoms with Crippen molar-refractivity contribution in [1.29, 1.82) is 0 Å². The lowest BCUT2D eigenvalue weighted by molar-refractivity contribution is -0.123. The minimum Gasteiger partial charge on any atom is -0.477 e. The number of Topliss-reactive ketones (excluding diaryl/α,β-unsaturated/α-hetero) is 1. The van der Waals surface area contributed by atoms with Crippen molar-refractivity contribution in [1.82, 2.24) is 24.3 Å². The van der Waals surface area contributed by atoms with E-state index in [0.717, 1.165) is 36.6 Å². The molecule has 0 spiro atoms. The Bertz CT molecular complexity index is 1540. The Morgan fingerprint density at radius 1 is 1.28 bits per heavy atom. The summed E-state index contributed by atoms with van der Waals surface area (Å²) in [5, 5.41) is 15.9. The van der Waals surface area contributed by atoms with Gasteiger partial charge >= 0.3 is 5.97 Å². The zero-order chi connectivity index (χ0) is 25.6. The number of rotatable bonds is 8. The third-order valence-corrected chi connectivity index (χ3v) is 7.00. The number of carboxylic acids is 1. The molecule has 1 saturated heterocycles. The van der Waals surface area contributed by atoms with Crippen molar-refractivity contribution in [2.24, 2.45) is 5.92 Å². The summed E-state index contributed by atoms with van der Waals surface area (Å²) < 4.78 is 18.3. The molecule has 0 unspecified atom stereocenters. The average molecular weight is 511 g/mol. The van der Waals surface area contributed by atoms with Gasteiger partial charge in [0.25, 0.3) is 0 Å². The van der Waals surface area contributed by atoms with Crippen molar-refractivity contribution < 1.29 is 19.1 Å². The molecule has 186 valence electrons. The second-order valence-electron chi connectivity index (χ2n) is 8.77. The fourth-order valence-electron chi connectivity index (χ4n) is 4.35. The van der Waals surface area contributed by atoms with E-state index in [4.69, 9.17) is 0 Å². The number of thiazole rings is 1.